The first-order valence-corrected chi connectivity index (χ1v) is 8.64. The summed E-state index contributed by atoms with van der Waals surface area (Å²) in [7, 11) is -3.05. The van der Waals surface area contributed by atoms with Crippen LogP contribution in [0.2, 0.25) is 0 Å². The van der Waals surface area contributed by atoms with Crippen molar-refractivity contribution < 1.29 is 23.1 Å². The van der Waals surface area contributed by atoms with Gasteiger partial charge in [-0.3, -0.25) is 4.57 Å². The van der Waals surface area contributed by atoms with Crippen LogP contribution in [0.25, 0.3) is 0 Å². The molecule has 1 aliphatic heterocycles. The van der Waals surface area contributed by atoms with Gasteiger partial charge in [-0.2, -0.15) is 0 Å². The van der Waals surface area contributed by atoms with Gasteiger partial charge in [0.1, 0.15) is 12.5 Å². The highest BCUT2D eigenvalue weighted by Gasteiger charge is 2.26. The molecule has 0 amide bonds. The molecule has 7 heteroatoms. The van der Waals surface area contributed by atoms with Gasteiger partial charge in [-0.25, -0.2) is 0 Å². The second-order valence-electron chi connectivity index (χ2n) is 3.78. The average Bonchev–Trinajstić information content (AvgIpc) is 2.98. The van der Waals surface area contributed by atoms with Crippen molar-refractivity contribution in [2.75, 3.05) is 13.2 Å². The molecule has 0 unspecified atom stereocenters. The summed E-state index contributed by atoms with van der Waals surface area (Å²) in [5.41, 5.74) is 0. The lowest BCUT2D eigenvalue weighted by atomic mass is 10.4. The number of thiophene rings is 1. The average molecular weight is 304 g/mol. The summed E-state index contributed by atoms with van der Waals surface area (Å²) in [4.78, 5) is 1.86. The molecule has 0 aliphatic carbocycles. The Balaban J connectivity index is 2.03. The van der Waals surface area contributed by atoms with Crippen LogP contribution in [-0.2, 0) is 29.2 Å². The summed E-state index contributed by atoms with van der Waals surface area (Å²) in [6.07, 6.45) is 2.90. The summed E-state index contributed by atoms with van der Waals surface area (Å²) in [6.45, 7) is 4.34. The third-order valence-electron chi connectivity index (χ3n) is 2.38. The van der Waals surface area contributed by atoms with E-state index in [2.05, 4.69) is 0 Å². The molecule has 0 atom stereocenters. The molecule has 106 valence electrons. The summed E-state index contributed by atoms with van der Waals surface area (Å²) in [5.74, 6) is 0. The summed E-state index contributed by atoms with van der Waals surface area (Å²) in [5, 5.41) is 0. The van der Waals surface area contributed by atoms with E-state index < -0.39 is 13.9 Å². The molecule has 0 saturated heterocycles. The van der Waals surface area contributed by atoms with Gasteiger partial charge in [-0.05, 0) is 26.0 Å². The van der Waals surface area contributed by atoms with Gasteiger partial charge in [-0.15, -0.1) is 11.3 Å². The highest BCUT2D eigenvalue weighted by Crippen LogP contribution is 2.52. The summed E-state index contributed by atoms with van der Waals surface area (Å²) >= 11 is 1.49. The van der Waals surface area contributed by atoms with Crippen molar-refractivity contribution in [2.24, 2.45) is 0 Å². The van der Waals surface area contributed by atoms with Crippen molar-refractivity contribution >= 4 is 18.9 Å². The molecule has 2 rings (SSSR count). The minimum Gasteiger partial charge on any atom is -0.454 e. The van der Waals surface area contributed by atoms with Gasteiger partial charge < -0.3 is 18.5 Å². The standard InChI is InChI=1S/C12H17O5PS/c1-3-16-18(13,17-4-2)9-10-5-6-11(19-10)12-14-7-8-15-12/h5-8,12H,3-4,9H2,1-2H3. The van der Waals surface area contributed by atoms with E-state index in [1.54, 1.807) is 13.8 Å². The fraction of sp³-hybridized carbons (Fsp3) is 0.500. The molecule has 0 N–H and O–H groups in total. The number of hydrogen-bond acceptors (Lipinski definition) is 6. The molecule has 5 nitrogen and oxygen atoms in total. The second kappa shape index (κ2) is 6.57. The Morgan fingerprint density at radius 2 is 1.84 bits per heavy atom. The van der Waals surface area contributed by atoms with Crippen molar-refractivity contribution in [2.45, 2.75) is 26.3 Å². The Bertz CT molecular complexity index is 466. The van der Waals surface area contributed by atoms with Crippen LogP contribution in [0.1, 0.15) is 29.9 Å². The first-order valence-electron chi connectivity index (χ1n) is 6.09. The molecule has 0 fully saturated rings. The fourth-order valence-electron chi connectivity index (χ4n) is 1.69. The van der Waals surface area contributed by atoms with Crippen molar-refractivity contribution in [3.63, 3.8) is 0 Å². The first kappa shape index (κ1) is 14.6. The minimum absolute atomic E-state index is 0.277. The van der Waals surface area contributed by atoms with E-state index in [1.165, 1.54) is 23.9 Å². The lowest BCUT2D eigenvalue weighted by molar-refractivity contribution is -0.0216. The fourth-order valence-corrected chi connectivity index (χ4v) is 4.74. The van der Waals surface area contributed by atoms with Crippen molar-refractivity contribution in [3.8, 4) is 0 Å². The maximum Gasteiger partial charge on any atom is 0.335 e. The third kappa shape index (κ3) is 3.83. The van der Waals surface area contributed by atoms with Crippen LogP contribution in [0.4, 0.5) is 0 Å². The Morgan fingerprint density at radius 1 is 1.21 bits per heavy atom. The summed E-state index contributed by atoms with van der Waals surface area (Å²) < 4.78 is 33.5. The zero-order valence-corrected chi connectivity index (χ0v) is 12.6. The van der Waals surface area contributed by atoms with Crippen LogP contribution in [-0.4, -0.2) is 13.2 Å². The van der Waals surface area contributed by atoms with Crippen LogP contribution in [0, 0.1) is 0 Å². The van der Waals surface area contributed by atoms with E-state index in [9.17, 15) is 4.57 Å². The molecule has 1 aliphatic rings. The van der Waals surface area contributed by atoms with Gasteiger partial charge in [0, 0.05) is 4.88 Å². The molecule has 0 bridgehead atoms. The van der Waals surface area contributed by atoms with E-state index >= 15 is 0 Å². The molecule has 0 spiro atoms. The van der Waals surface area contributed by atoms with Crippen molar-refractivity contribution in [1.29, 1.82) is 0 Å². The normalized spacial score (nSPS) is 15.5. The Morgan fingerprint density at radius 3 is 2.42 bits per heavy atom. The SMILES string of the molecule is CCOP(=O)(Cc1ccc(C2OC=CO2)s1)OCC. The quantitative estimate of drug-likeness (QED) is 0.712. The number of hydrogen-bond donors (Lipinski definition) is 0. The number of ether oxygens (including phenoxy) is 2. The van der Waals surface area contributed by atoms with Gasteiger partial charge >= 0.3 is 7.60 Å². The van der Waals surface area contributed by atoms with Crippen LogP contribution in [0.5, 0.6) is 0 Å². The van der Waals surface area contributed by atoms with E-state index in [4.69, 9.17) is 18.5 Å². The summed E-state index contributed by atoms with van der Waals surface area (Å²) in [6, 6.07) is 3.80. The molecule has 0 saturated carbocycles. The first-order chi connectivity index (χ1) is 9.17. The molecule has 19 heavy (non-hydrogen) atoms. The van der Waals surface area contributed by atoms with Crippen LogP contribution < -0.4 is 0 Å². The van der Waals surface area contributed by atoms with Gasteiger partial charge in [0.2, 0.25) is 0 Å². The minimum atomic E-state index is -3.05. The number of rotatable bonds is 7. The van der Waals surface area contributed by atoms with E-state index in [0.29, 0.717) is 13.2 Å². The maximum absolute atomic E-state index is 12.4. The van der Waals surface area contributed by atoms with Crippen LogP contribution >= 0.6 is 18.9 Å². The van der Waals surface area contributed by atoms with Gasteiger partial charge in [0.05, 0.1) is 24.3 Å². The smallest absolute Gasteiger partial charge is 0.335 e. The highest BCUT2D eigenvalue weighted by atomic mass is 32.1. The Kier molecular flexibility index (Phi) is 5.05. The third-order valence-corrected chi connectivity index (χ3v) is 5.73. The van der Waals surface area contributed by atoms with Crippen LogP contribution in [0.3, 0.4) is 0 Å². The second-order valence-corrected chi connectivity index (χ2v) is 7.04. The Hall–Kier alpha value is -0.810. The predicted molar refractivity (Wildman–Crippen MR) is 72.9 cm³/mol. The lowest BCUT2D eigenvalue weighted by Crippen LogP contribution is -1.98. The van der Waals surface area contributed by atoms with Crippen molar-refractivity contribution in [3.05, 3.63) is 34.4 Å². The lowest BCUT2D eigenvalue weighted by Gasteiger charge is -2.15. The molecule has 0 aromatic carbocycles. The molecule has 1 aromatic rings. The van der Waals surface area contributed by atoms with Crippen molar-refractivity contribution in [1.82, 2.24) is 0 Å². The topological polar surface area (TPSA) is 54.0 Å². The van der Waals surface area contributed by atoms with E-state index in [0.717, 1.165) is 9.75 Å². The molecular weight excluding hydrogens is 287 g/mol. The molecule has 2 heterocycles. The largest absolute Gasteiger partial charge is 0.454 e. The predicted octanol–water partition coefficient (Wildman–Crippen LogP) is 4.03. The van der Waals surface area contributed by atoms with Gasteiger partial charge in [0.15, 0.2) is 0 Å². The van der Waals surface area contributed by atoms with Gasteiger partial charge in [0.25, 0.3) is 6.29 Å². The molecule has 1 aromatic heterocycles. The van der Waals surface area contributed by atoms with E-state index in [1.807, 2.05) is 12.1 Å². The van der Waals surface area contributed by atoms with E-state index in [-0.39, 0.29) is 6.16 Å². The zero-order valence-electron chi connectivity index (χ0n) is 10.9. The highest BCUT2D eigenvalue weighted by molar-refractivity contribution is 7.53. The van der Waals surface area contributed by atoms with Gasteiger partial charge in [-0.1, -0.05) is 0 Å². The monoisotopic (exact) mass is 304 g/mol. The molecule has 0 radical (unpaired) electrons. The van der Waals surface area contributed by atoms with Crippen LogP contribution in [0.15, 0.2) is 24.7 Å². The zero-order chi connectivity index (χ0) is 13.7. The Labute approximate surface area is 116 Å². The maximum atomic E-state index is 12.4. The molecular formula is C12H17O5PS.